The summed E-state index contributed by atoms with van der Waals surface area (Å²) in [5.74, 6) is 0.978. The lowest BCUT2D eigenvalue weighted by molar-refractivity contribution is 0.0186. The SMILES string of the molecule is COc1cccc2c1nc(C(F)F)n2-c1cc2c(cnn2C2CCN(C(=O)OC(C)(C)C)CC2)c(N2CCOCC2)n1. The van der Waals surface area contributed by atoms with Gasteiger partial charge in [0.1, 0.15) is 28.5 Å². The first-order valence-electron chi connectivity index (χ1n) is 14.2. The Bertz CT molecular complexity index is 1600. The number of imidazole rings is 1. The minimum absolute atomic E-state index is 0.00294. The number of anilines is 1. The first kappa shape index (κ1) is 28.1. The first-order chi connectivity index (χ1) is 20.1. The van der Waals surface area contributed by atoms with Crippen molar-refractivity contribution in [3.63, 3.8) is 0 Å². The number of likely N-dealkylation sites (tertiary alicyclic amines) is 1. The van der Waals surface area contributed by atoms with E-state index in [1.165, 1.54) is 11.7 Å². The molecule has 0 spiro atoms. The van der Waals surface area contributed by atoms with E-state index in [0.717, 1.165) is 10.9 Å². The minimum atomic E-state index is -2.84. The minimum Gasteiger partial charge on any atom is -0.494 e. The number of methoxy groups -OCH3 is 1. The summed E-state index contributed by atoms with van der Waals surface area (Å²) in [5, 5.41) is 5.59. The molecular formula is C29H35F2N7O4. The van der Waals surface area contributed by atoms with Gasteiger partial charge in [-0.05, 0) is 45.7 Å². The molecule has 2 aliphatic heterocycles. The number of benzene rings is 1. The smallest absolute Gasteiger partial charge is 0.410 e. The number of rotatable bonds is 5. The molecule has 0 atom stereocenters. The highest BCUT2D eigenvalue weighted by Gasteiger charge is 2.30. The second-order valence-electron chi connectivity index (χ2n) is 11.6. The number of halogens is 2. The van der Waals surface area contributed by atoms with Crippen LogP contribution in [0.25, 0.3) is 27.8 Å². The summed E-state index contributed by atoms with van der Waals surface area (Å²) in [6.45, 7) is 8.92. The van der Waals surface area contributed by atoms with E-state index >= 15 is 0 Å². The number of ether oxygens (including phenoxy) is 3. The number of aromatic nitrogens is 5. The van der Waals surface area contributed by atoms with Gasteiger partial charge in [-0.25, -0.2) is 23.5 Å². The fourth-order valence-corrected chi connectivity index (χ4v) is 5.70. The fourth-order valence-electron chi connectivity index (χ4n) is 5.70. The van der Waals surface area contributed by atoms with Crippen LogP contribution in [0.3, 0.4) is 0 Å². The lowest BCUT2D eigenvalue weighted by Gasteiger charge is -2.33. The van der Waals surface area contributed by atoms with Crippen LogP contribution in [0.1, 0.15) is 51.9 Å². The number of carbonyl (C=O) groups excluding carboxylic acids is 1. The van der Waals surface area contributed by atoms with Crippen molar-refractivity contribution >= 4 is 33.8 Å². The van der Waals surface area contributed by atoms with Gasteiger partial charge in [0.15, 0.2) is 5.82 Å². The monoisotopic (exact) mass is 583 g/mol. The molecule has 11 nitrogen and oxygen atoms in total. The number of hydrogen-bond acceptors (Lipinski definition) is 8. The summed E-state index contributed by atoms with van der Waals surface area (Å²) >= 11 is 0. The lowest BCUT2D eigenvalue weighted by Crippen LogP contribution is -2.42. The molecule has 5 heterocycles. The number of alkyl halides is 2. The Morgan fingerprint density at radius 3 is 2.48 bits per heavy atom. The predicted octanol–water partition coefficient (Wildman–Crippen LogP) is 5.13. The summed E-state index contributed by atoms with van der Waals surface area (Å²) in [4.78, 5) is 25.7. The molecule has 2 saturated heterocycles. The molecule has 1 amide bonds. The Balaban J connectivity index is 1.44. The van der Waals surface area contributed by atoms with E-state index in [1.54, 1.807) is 35.4 Å². The molecule has 0 aliphatic carbocycles. The predicted molar refractivity (Wildman–Crippen MR) is 153 cm³/mol. The Labute approximate surface area is 241 Å². The average molecular weight is 584 g/mol. The van der Waals surface area contributed by atoms with Crippen molar-refractivity contribution in [2.75, 3.05) is 51.4 Å². The van der Waals surface area contributed by atoms with Gasteiger partial charge in [-0.1, -0.05) is 6.07 Å². The highest BCUT2D eigenvalue weighted by Crippen LogP contribution is 2.36. The van der Waals surface area contributed by atoms with Gasteiger partial charge in [-0.15, -0.1) is 0 Å². The first-order valence-corrected chi connectivity index (χ1v) is 14.2. The van der Waals surface area contributed by atoms with E-state index in [9.17, 15) is 13.6 Å². The summed E-state index contributed by atoms with van der Waals surface area (Å²) in [7, 11) is 1.49. The molecule has 42 heavy (non-hydrogen) atoms. The number of para-hydroxylation sites is 1. The number of nitrogens with zero attached hydrogens (tertiary/aromatic N) is 7. The molecule has 0 radical (unpaired) electrons. The molecule has 13 heteroatoms. The van der Waals surface area contributed by atoms with Gasteiger partial charge in [0.2, 0.25) is 0 Å². The van der Waals surface area contributed by atoms with Gasteiger partial charge in [0.05, 0.1) is 49.0 Å². The molecule has 0 N–H and O–H groups in total. The van der Waals surface area contributed by atoms with Crippen LogP contribution < -0.4 is 9.64 Å². The van der Waals surface area contributed by atoms with Gasteiger partial charge in [-0.3, -0.25) is 9.25 Å². The number of morpholine rings is 1. The van der Waals surface area contributed by atoms with Crippen molar-refractivity contribution in [2.45, 2.75) is 51.7 Å². The average Bonchev–Trinajstić information content (AvgIpc) is 3.58. The molecule has 6 rings (SSSR count). The maximum Gasteiger partial charge on any atom is 0.410 e. The summed E-state index contributed by atoms with van der Waals surface area (Å²) in [5.41, 5.74) is 1.03. The Hall–Kier alpha value is -4.00. The normalized spacial score (nSPS) is 17.0. The van der Waals surface area contributed by atoms with Crippen LogP contribution in [-0.2, 0) is 9.47 Å². The van der Waals surface area contributed by atoms with Crippen molar-refractivity contribution in [1.82, 2.24) is 29.2 Å². The molecule has 2 fully saturated rings. The van der Waals surface area contributed by atoms with Crippen LogP contribution in [0.15, 0.2) is 30.5 Å². The second kappa shape index (κ2) is 11.0. The number of pyridine rings is 1. The number of piperidine rings is 1. The zero-order chi connectivity index (χ0) is 29.6. The van der Waals surface area contributed by atoms with Crippen molar-refractivity contribution in [3.8, 4) is 11.6 Å². The fraction of sp³-hybridized carbons (Fsp3) is 0.517. The summed E-state index contributed by atoms with van der Waals surface area (Å²) in [6, 6.07) is 6.99. The number of hydrogen-bond donors (Lipinski definition) is 0. The van der Waals surface area contributed by atoms with Gasteiger partial charge in [0, 0.05) is 32.2 Å². The third-order valence-electron chi connectivity index (χ3n) is 7.65. The number of fused-ring (bicyclic) bond motifs is 2. The third kappa shape index (κ3) is 5.21. The largest absolute Gasteiger partial charge is 0.494 e. The molecule has 1 aromatic carbocycles. The Morgan fingerprint density at radius 1 is 1.07 bits per heavy atom. The molecule has 0 saturated carbocycles. The van der Waals surface area contributed by atoms with Crippen LogP contribution >= 0.6 is 0 Å². The van der Waals surface area contributed by atoms with Gasteiger partial charge < -0.3 is 24.0 Å². The van der Waals surface area contributed by atoms with E-state index in [0.29, 0.717) is 80.7 Å². The Kier molecular flexibility index (Phi) is 7.37. The van der Waals surface area contributed by atoms with Crippen molar-refractivity contribution < 1.29 is 27.8 Å². The van der Waals surface area contributed by atoms with E-state index in [-0.39, 0.29) is 12.1 Å². The maximum absolute atomic E-state index is 14.4. The molecule has 224 valence electrons. The third-order valence-corrected chi connectivity index (χ3v) is 7.65. The summed E-state index contributed by atoms with van der Waals surface area (Å²) < 4.78 is 48.8. The maximum atomic E-state index is 14.4. The lowest BCUT2D eigenvalue weighted by atomic mass is 10.1. The van der Waals surface area contributed by atoms with Crippen molar-refractivity contribution in [2.24, 2.45) is 0 Å². The number of amides is 1. The molecule has 3 aromatic heterocycles. The second-order valence-corrected chi connectivity index (χ2v) is 11.6. The molecule has 4 aromatic rings. The standard InChI is InChI=1S/C29H35F2N7O4/c1-29(2,3)42-28(39)36-10-8-18(9-11-36)38-21-16-23(33-26(19(21)17-32-38)35-12-14-41-15-13-35)37-20-6-5-7-22(40-4)24(20)34-27(37)25(30)31/h5-7,16-18,25H,8-15H2,1-4H3. The molecule has 2 aliphatic rings. The quantitative estimate of drug-likeness (QED) is 0.319. The van der Waals surface area contributed by atoms with Gasteiger partial charge in [-0.2, -0.15) is 5.10 Å². The van der Waals surface area contributed by atoms with Crippen molar-refractivity contribution in [3.05, 3.63) is 36.3 Å². The highest BCUT2D eigenvalue weighted by atomic mass is 19.3. The van der Waals surface area contributed by atoms with E-state index < -0.39 is 17.9 Å². The van der Waals surface area contributed by atoms with Gasteiger partial charge >= 0.3 is 6.09 Å². The highest BCUT2D eigenvalue weighted by molar-refractivity contribution is 5.92. The molecule has 0 unspecified atom stereocenters. The molecular weight excluding hydrogens is 548 g/mol. The van der Waals surface area contributed by atoms with Crippen LogP contribution in [-0.4, -0.2) is 87.4 Å². The zero-order valence-electron chi connectivity index (χ0n) is 24.2. The van der Waals surface area contributed by atoms with Gasteiger partial charge in [0.25, 0.3) is 6.43 Å². The van der Waals surface area contributed by atoms with Crippen LogP contribution in [0.2, 0.25) is 0 Å². The van der Waals surface area contributed by atoms with Crippen LogP contribution in [0, 0.1) is 0 Å². The van der Waals surface area contributed by atoms with Crippen LogP contribution in [0.5, 0.6) is 5.75 Å². The summed E-state index contributed by atoms with van der Waals surface area (Å²) in [6.07, 6.45) is -0.0228. The van der Waals surface area contributed by atoms with E-state index in [1.807, 2.05) is 25.5 Å². The Morgan fingerprint density at radius 2 is 1.81 bits per heavy atom. The zero-order valence-corrected chi connectivity index (χ0v) is 24.2. The van der Waals surface area contributed by atoms with E-state index in [2.05, 4.69) is 9.88 Å². The molecule has 0 bridgehead atoms. The van der Waals surface area contributed by atoms with E-state index in [4.69, 9.17) is 24.3 Å². The number of carbonyl (C=O) groups is 1. The van der Waals surface area contributed by atoms with Crippen molar-refractivity contribution in [1.29, 1.82) is 0 Å². The van der Waals surface area contributed by atoms with Crippen LogP contribution in [0.4, 0.5) is 19.4 Å². The topological polar surface area (TPSA) is 99.8 Å².